The minimum absolute atomic E-state index is 0.157. The topological polar surface area (TPSA) is 15.7 Å². The Hall–Kier alpha value is 0.0969. The summed E-state index contributed by atoms with van der Waals surface area (Å²) in [6.45, 7) is 11.0. The number of hydrogen-bond acceptors (Lipinski definition) is 3. The highest BCUT2D eigenvalue weighted by Gasteiger charge is 2.53. The van der Waals surface area contributed by atoms with Crippen LogP contribution in [0.2, 0.25) is 5.04 Å². The van der Waals surface area contributed by atoms with E-state index in [0.717, 1.165) is 0 Å². The fourth-order valence-corrected chi connectivity index (χ4v) is 7.37. The average molecular weight is 232 g/mol. The van der Waals surface area contributed by atoms with Crippen LogP contribution in [0.25, 0.3) is 0 Å². The summed E-state index contributed by atoms with van der Waals surface area (Å²) >= 11 is 0. The van der Waals surface area contributed by atoms with Gasteiger partial charge >= 0.3 is 8.64 Å². The first-order valence-corrected chi connectivity index (χ1v) is 7.38. The first-order valence-electron chi connectivity index (χ1n) is 5.58. The van der Waals surface area contributed by atoms with E-state index in [4.69, 9.17) is 4.43 Å². The van der Waals surface area contributed by atoms with E-state index in [1.807, 2.05) is 0 Å². The maximum absolute atomic E-state index is 6.32. The summed E-state index contributed by atoms with van der Waals surface area (Å²) in [6, 6.07) is 0. The molecule has 0 aliphatic rings. The lowest BCUT2D eigenvalue weighted by molar-refractivity contribution is 0.141. The van der Waals surface area contributed by atoms with Gasteiger partial charge in [-0.05, 0) is 42.0 Å². The van der Waals surface area contributed by atoms with E-state index >= 15 is 0 Å². The number of nitrogens with zero attached hydrogens (tertiary/aromatic N) is 2. The Bertz CT molecular complexity index is 189. The van der Waals surface area contributed by atoms with E-state index in [9.17, 15) is 0 Å². The van der Waals surface area contributed by atoms with Crippen LogP contribution in [0, 0.1) is 0 Å². The van der Waals surface area contributed by atoms with E-state index in [-0.39, 0.29) is 11.1 Å². The van der Waals surface area contributed by atoms with Crippen molar-refractivity contribution in [1.82, 2.24) is 9.13 Å². The van der Waals surface area contributed by atoms with Gasteiger partial charge in [-0.15, -0.1) is 0 Å². The largest absolute Gasteiger partial charge is 0.389 e. The molecule has 0 rings (SSSR count). The van der Waals surface area contributed by atoms with Gasteiger partial charge in [-0.3, -0.25) is 9.13 Å². The summed E-state index contributed by atoms with van der Waals surface area (Å²) < 4.78 is 10.9. The zero-order chi connectivity index (χ0) is 12.4. The normalized spacial score (nSPS) is 14.4. The highest BCUT2D eigenvalue weighted by molar-refractivity contribution is 6.71. The van der Waals surface area contributed by atoms with Crippen LogP contribution in [0.5, 0.6) is 0 Å². The molecule has 0 aliphatic carbocycles. The van der Waals surface area contributed by atoms with Crippen molar-refractivity contribution in [2.75, 3.05) is 28.2 Å². The highest BCUT2D eigenvalue weighted by Crippen LogP contribution is 2.39. The van der Waals surface area contributed by atoms with Crippen LogP contribution in [0.1, 0.15) is 34.6 Å². The summed E-state index contributed by atoms with van der Waals surface area (Å²) in [7, 11) is 6.45. The fourth-order valence-electron chi connectivity index (χ4n) is 2.46. The molecule has 0 aromatic rings. The van der Waals surface area contributed by atoms with Crippen molar-refractivity contribution in [1.29, 1.82) is 0 Å². The highest BCUT2D eigenvalue weighted by atomic mass is 28.4. The van der Waals surface area contributed by atoms with Crippen LogP contribution in [-0.4, -0.2) is 52.1 Å². The van der Waals surface area contributed by atoms with Gasteiger partial charge in [-0.2, -0.15) is 0 Å². The molecule has 0 aromatic carbocycles. The summed E-state index contributed by atoms with van der Waals surface area (Å²) in [6.07, 6.45) is 0.265. The first-order chi connectivity index (χ1) is 6.55. The molecule has 0 aliphatic heterocycles. The van der Waals surface area contributed by atoms with Crippen molar-refractivity contribution < 1.29 is 4.43 Å². The van der Waals surface area contributed by atoms with Gasteiger partial charge in [0.2, 0.25) is 0 Å². The summed E-state index contributed by atoms with van der Waals surface area (Å²) in [5.41, 5.74) is 0. The van der Waals surface area contributed by atoms with Crippen LogP contribution in [0.15, 0.2) is 0 Å². The molecular weight excluding hydrogens is 204 g/mol. The van der Waals surface area contributed by atoms with E-state index in [1.165, 1.54) is 0 Å². The molecule has 0 N–H and O–H groups in total. The third-order valence-corrected chi connectivity index (χ3v) is 7.77. The number of hydrogen-bond donors (Lipinski definition) is 0. The molecule has 0 bridgehead atoms. The molecule has 0 saturated heterocycles. The average Bonchev–Trinajstić information content (AvgIpc) is 1.95. The van der Waals surface area contributed by atoms with Crippen LogP contribution < -0.4 is 0 Å². The molecule has 0 radical (unpaired) electrons. The smallest absolute Gasteiger partial charge is 0.362 e. The quantitative estimate of drug-likeness (QED) is 0.692. The Morgan fingerprint density at radius 2 is 1.27 bits per heavy atom. The molecule has 15 heavy (non-hydrogen) atoms. The van der Waals surface area contributed by atoms with Crippen molar-refractivity contribution in [3.63, 3.8) is 0 Å². The molecule has 0 fully saturated rings. The molecule has 3 nitrogen and oxygen atoms in total. The van der Waals surface area contributed by atoms with Crippen molar-refractivity contribution in [3.8, 4) is 0 Å². The maximum atomic E-state index is 6.32. The fraction of sp³-hybridized carbons (Fsp3) is 1.00. The number of rotatable bonds is 4. The summed E-state index contributed by atoms with van der Waals surface area (Å²) in [5.74, 6) is 0. The third kappa shape index (κ3) is 3.03. The molecule has 0 spiro atoms. The van der Waals surface area contributed by atoms with Gasteiger partial charge in [-0.25, -0.2) is 0 Å². The minimum atomic E-state index is -2.05. The minimum Gasteiger partial charge on any atom is -0.389 e. The van der Waals surface area contributed by atoms with E-state index in [0.29, 0.717) is 0 Å². The van der Waals surface area contributed by atoms with Crippen molar-refractivity contribution in [2.24, 2.45) is 0 Å². The second kappa shape index (κ2) is 4.95. The van der Waals surface area contributed by atoms with Crippen molar-refractivity contribution in [3.05, 3.63) is 0 Å². The lowest BCUT2D eigenvalue weighted by Crippen LogP contribution is -2.69. The van der Waals surface area contributed by atoms with Crippen molar-refractivity contribution in [2.45, 2.75) is 45.8 Å². The maximum Gasteiger partial charge on any atom is 0.362 e. The monoisotopic (exact) mass is 232 g/mol. The van der Waals surface area contributed by atoms with Crippen LogP contribution in [-0.2, 0) is 4.43 Å². The Morgan fingerprint density at radius 3 is 1.33 bits per heavy atom. The lowest BCUT2D eigenvalue weighted by Gasteiger charge is -2.50. The van der Waals surface area contributed by atoms with Gasteiger partial charge < -0.3 is 4.43 Å². The predicted molar refractivity (Wildman–Crippen MR) is 69.1 cm³/mol. The molecule has 0 saturated carbocycles. The second-order valence-electron chi connectivity index (χ2n) is 5.81. The first kappa shape index (κ1) is 15.1. The Labute approximate surface area is 96.7 Å². The van der Waals surface area contributed by atoms with Crippen LogP contribution >= 0.6 is 0 Å². The van der Waals surface area contributed by atoms with E-state index < -0.39 is 8.64 Å². The van der Waals surface area contributed by atoms with Crippen LogP contribution in [0.3, 0.4) is 0 Å². The van der Waals surface area contributed by atoms with Gasteiger partial charge in [0.15, 0.2) is 0 Å². The van der Waals surface area contributed by atoms with Crippen molar-refractivity contribution >= 4 is 8.64 Å². The van der Waals surface area contributed by atoms with Gasteiger partial charge in [0.1, 0.15) is 0 Å². The molecule has 4 heteroatoms. The van der Waals surface area contributed by atoms with Gasteiger partial charge in [0.05, 0.1) is 0 Å². The zero-order valence-corrected chi connectivity index (χ0v) is 12.9. The summed E-state index contributed by atoms with van der Waals surface area (Å²) in [5, 5.41) is 0.157. The second-order valence-corrected chi connectivity index (χ2v) is 10.6. The van der Waals surface area contributed by atoms with Gasteiger partial charge in [0.25, 0.3) is 0 Å². The van der Waals surface area contributed by atoms with E-state index in [1.54, 1.807) is 0 Å². The molecule has 0 atom stereocenters. The zero-order valence-electron chi connectivity index (χ0n) is 11.9. The Morgan fingerprint density at radius 1 is 0.933 bits per heavy atom. The molecule has 0 unspecified atom stereocenters. The molecule has 0 amide bonds. The molecular formula is C11H28N2OSi. The Kier molecular flexibility index (Phi) is 4.98. The molecule has 92 valence electrons. The summed E-state index contributed by atoms with van der Waals surface area (Å²) in [4.78, 5) is 0. The van der Waals surface area contributed by atoms with E-state index in [2.05, 4.69) is 71.9 Å². The SMILES string of the molecule is CC(C)O[Si](N(C)C)(N(C)C)C(C)(C)C. The Balaban J connectivity index is 5.29. The molecule has 0 heterocycles. The van der Waals surface area contributed by atoms with Gasteiger partial charge in [-0.1, -0.05) is 20.8 Å². The standard InChI is InChI=1S/C11H28N2OSi/c1-10(2)14-15(12(6)7,13(8)9)11(3,4)5/h10H,1-9H3. The predicted octanol–water partition coefficient (Wildman–Crippen LogP) is 2.27. The lowest BCUT2D eigenvalue weighted by atomic mass is 10.3. The third-order valence-electron chi connectivity index (χ3n) is 2.59. The van der Waals surface area contributed by atoms with Crippen LogP contribution in [0.4, 0.5) is 0 Å². The molecule has 0 aromatic heterocycles. The van der Waals surface area contributed by atoms with Gasteiger partial charge in [0, 0.05) is 11.1 Å².